The summed E-state index contributed by atoms with van der Waals surface area (Å²) in [5, 5.41) is 0. The summed E-state index contributed by atoms with van der Waals surface area (Å²) in [5.41, 5.74) is 2.01. The molecule has 1 heterocycles. The second-order valence-electron chi connectivity index (χ2n) is 2.49. The molecule has 0 aliphatic carbocycles. The molecule has 2 heteroatoms. The van der Waals surface area contributed by atoms with E-state index < -0.39 is 0 Å². The van der Waals surface area contributed by atoms with Crippen molar-refractivity contribution in [2.24, 2.45) is 0 Å². The van der Waals surface area contributed by atoms with Gasteiger partial charge >= 0.3 is 20.1 Å². The second kappa shape index (κ2) is 4.90. The number of benzene rings is 1. The quantitative estimate of drug-likeness (QED) is 0.723. The van der Waals surface area contributed by atoms with Crippen molar-refractivity contribution in [3.63, 3.8) is 0 Å². The molecule has 0 N–H and O–H groups in total. The van der Waals surface area contributed by atoms with E-state index in [4.69, 9.17) is 0 Å². The number of hydrogen-bond donors (Lipinski definition) is 0. The maximum atomic E-state index is 4.22. The molecule has 2 rings (SSSR count). The van der Waals surface area contributed by atoms with Crippen LogP contribution in [0, 0.1) is 6.07 Å². The molecule has 0 saturated heterocycles. The van der Waals surface area contributed by atoms with Gasteiger partial charge in [0.25, 0.3) is 0 Å². The normalized spacial score (nSPS) is 8.92. The summed E-state index contributed by atoms with van der Waals surface area (Å²) in [6.45, 7) is 0. The first-order valence-electron chi connectivity index (χ1n) is 3.85. The Kier molecular flexibility index (Phi) is 3.81. The van der Waals surface area contributed by atoms with Gasteiger partial charge < -0.3 is 4.98 Å². The van der Waals surface area contributed by atoms with Gasteiger partial charge in [-0.05, 0) is 11.8 Å². The zero-order chi connectivity index (χ0) is 8.23. The molecule has 0 unspecified atom stereocenters. The Balaban J connectivity index is 0.000000845. The monoisotopic (exact) mass is 347 g/mol. The van der Waals surface area contributed by atoms with Gasteiger partial charge in [-0.15, -0.1) is 35.9 Å². The number of hydrogen-bond acceptors (Lipinski definition) is 1. The van der Waals surface area contributed by atoms with Crippen molar-refractivity contribution >= 4 is 0 Å². The number of pyridine rings is 1. The van der Waals surface area contributed by atoms with E-state index in [9.17, 15) is 0 Å². The van der Waals surface area contributed by atoms with Gasteiger partial charge in [-0.2, -0.15) is 0 Å². The van der Waals surface area contributed by atoms with Crippen LogP contribution in [0.1, 0.15) is 0 Å². The fourth-order valence-electron chi connectivity index (χ4n) is 1.07. The molecule has 0 saturated carbocycles. The van der Waals surface area contributed by atoms with E-state index >= 15 is 0 Å². The molecule has 0 aliphatic heterocycles. The molecule has 0 radical (unpaired) electrons. The predicted molar refractivity (Wildman–Crippen MR) is 48.5 cm³/mol. The first-order valence-corrected chi connectivity index (χ1v) is 3.85. The third kappa shape index (κ3) is 2.48. The van der Waals surface area contributed by atoms with Crippen LogP contribution in [-0.4, -0.2) is 4.98 Å². The van der Waals surface area contributed by atoms with E-state index in [1.165, 1.54) is 0 Å². The minimum Gasteiger partial charge on any atom is -0.305 e. The minimum absolute atomic E-state index is 0. The van der Waals surface area contributed by atoms with Crippen LogP contribution in [0.3, 0.4) is 0 Å². The molecular formula is C11H8IrN+2. The van der Waals surface area contributed by atoms with Crippen LogP contribution in [0.25, 0.3) is 11.3 Å². The van der Waals surface area contributed by atoms with Crippen LogP contribution >= 0.6 is 0 Å². The van der Waals surface area contributed by atoms with Gasteiger partial charge in [0.15, 0.2) is 0 Å². The number of aromatic nitrogens is 1. The van der Waals surface area contributed by atoms with Crippen LogP contribution in [0.2, 0.25) is 0 Å². The SMILES string of the molecule is [Ir+3].[c-]1ccccc1-c1ccccn1. The fraction of sp³-hybridized carbons (Fsp3) is 0. The van der Waals surface area contributed by atoms with E-state index in [-0.39, 0.29) is 20.1 Å². The second-order valence-corrected chi connectivity index (χ2v) is 2.49. The van der Waals surface area contributed by atoms with Crippen LogP contribution in [0.5, 0.6) is 0 Å². The third-order valence-corrected chi connectivity index (χ3v) is 1.65. The Bertz CT molecular complexity index is 307. The zero-order valence-electron chi connectivity index (χ0n) is 6.90. The summed E-state index contributed by atoms with van der Waals surface area (Å²) in [7, 11) is 0. The van der Waals surface area contributed by atoms with Crippen molar-refractivity contribution in [3.05, 3.63) is 54.7 Å². The van der Waals surface area contributed by atoms with Gasteiger partial charge in [-0.1, -0.05) is 12.1 Å². The summed E-state index contributed by atoms with van der Waals surface area (Å²) in [6, 6.07) is 16.8. The van der Waals surface area contributed by atoms with Gasteiger partial charge in [-0.3, -0.25) is 0 Å². The molecule has 1 nitrogen and oxygen atoms in total. The maximum absolute atomic E-state index is 4.22. The smallest absolute Gasteiger partial charge is 0.305 e. The molecule has 1 aromatic heterocycles. The van der Waals surface area contributed by atoms with Crippen molar-refractivity contribution in [2.45, 2.75) is 0 Å². The summed E-state index contributed by atoms with van der Waals surface area (Å²) < 4.78 is 0. The number of rotatable bonds is 1. The summed E-state index contributed by atoms with van der Waals surface area (Å²) in [6.07, 6.45) is 1.79. The van der Waals surface area contributed by atoms with Crippen molar-refractivity contribution in [2.75, 3.05) is 0 Å². The maximum Gasteiger partial charge on any atom is 3.00 e. The van der Waals surface area contributed by atoms with Crippen LogP contribution in [0.15, 0.2) is 48.7 Å². The first-order chi connectivity index (χ1) is 5.97. The molecule has 64 valence electrons. The first kappa shape index (κ1) is 10.1. The van der Waals surface area contributed by atoms with Crippen LogP contribution in [-0.2, 0) is 20.1 Å². The molecule has 0 bridgehead atoms. The van der Waals surface area contributed by atoms with Crippen molar-refractivity contribution in [1.29, 1.82) is 0 Å². The summed E-state index contributed by atoms with van der Waals surface area (Å²) >= 11 is 0. The fourth-order valence-corrected chi connectivity index (χ4v) is 1.07. The standard InChI is InChI=1S/C11H8N.Ir/c1-2-6-10(7-3-1)11-8-4-5-9-12-11;/h1-6,8-9H;/q-1;+3. The average molecular weight is 346 g/mol. The van der Waals surface area contributed by atoms with E-state index in [0.29, 0.717) is 0 Å². The Hall–Kier alpha value is -0.981. The summed E-state index contributed by atoms with van der Waals surface area (Å²) in [4.78, 5) is 4.22. The van der Waals surface area contributed by atoms with Gasteiger partial charge in [0.1, 0.15) is 0 Å². The average Bonchev–Trinajstić information content (AvgIpc) is 2.21. The Morgan fingerprint density at radius 3 is 2.46 bits per heavy atom. The van der Waals surface area contributed by atoms with Crippen molar-refractivity contribution in [1.82, 2.24) is 4.98 Å². The zero-order valence-corrected chi connectivity index (χ0v) is 9.29. The van der Waals surface area contributed by atoms with Gasteiger partial charge in [-0.25, -0.2) is 0 Å². The minimum atomic E-state index is 0. The Morgan fingerprint density at radius 2 is 1.85 bits per heavy atom. The Labute approximate surface area is 91.2 Å². The molecule has 0 amide bonds. The molecule has 2 aromatic rings. The Morgan fingerprint density at radius 1 is 1.00 bits per heavy atom. The third-order valence-electron chi connectivity index (χ3n) is 1.65. The predicted octanol–water partition coefficient (Wildman–Crippen LogP) is 2.55. The van der Waals surface area contributed by atoms with E-state index in [0.717, 1.165) is 11.3 Å². The van der Waals surface area contributed by atoms with Crippen LogP contribution in [0.4, 0.5) is 0 Å². The largest absolute Gasteiger partial charge is 3.00 e. The molecule has 1 aromatic carbocycles. The van der Waals surface area contributed by atoms with Crippen LogP contribution < -0.4 is 0 Å². The van der Waals surface area contributed by atoms with E-state index in [1.807, 2.05) is 42.5 Å². The molecule has 0 spiro atoms. The van der Waals surface area contributed by atoms with E-state index in [1.54, 1.807) is 6.20 Å². The molecule has 0 aliphatic rings. The molecule has 0 atom stereocenters. The molecule has 13 heavy (non-hydrogen) atoms. The van der Waals surface area contributed by atoms with Gasteiger partial charge in [0, 0.05) is 6.20 Å². The molecular weight excluding hydrogens is 338 g/mol. The topological polar surface area (TPSA) is 12.9 Å². The van der Waals surface area contributed by atoms with Crippen molar-refractivity contribution in [3.8, 4) is 11.3 Å². The van der Waals surface area contributed by atoms with E-state index in [2.05, 4.69) is 11.1 Å². The van der Waals surface area contributed by atoms with Gasteiger partial charge in [0.2, 0.25) is 0 Å². The summed E-state index contributed by atoms with van der Waals surface area (Å²) in [5.74, 6) is 0. The van der Waals surface area contributed by atoms with Gasteiger partial charge in [0.05, 0.1) is 0 Å². The molecule has 0 fully saturated rings. The number of nitrogens with zero attached hydrogens (tertiary/aromatic N) is 1. The van der Waals surface area contributed by atoms with Crippen molar-refractivity contribution < 1.29 is 20.1 Å².